The lowest BCUT2D eigenvalue weighted by atomic mass is 9.97. The van der Waals surface area contributed by atoms with E-state index >= 15 is 0 Å². The van der Waals surface area contributed by atoms with Crippen LogP contribution in [0.25, 0.3) is 0 Å². The second kappa shape index (κ2) is 7.14. The van der Waals surface area contributed by atoms with E-state index in [4.69, 9.17) is 17.2 Å². The average molecular weight is 294 g/mol. The summed E-state index contributed by atoms with van der Waals surface area (Å²) in [7, 11) is 0. The Morgan fingerprint density at radius 3 is 2.67 bits per heavy atom. The van der Waals surface area contributed by atoms with Gasteiger partial charge in [-0.1, -0.05) is 0 Å². The Morgan fingerprint density at radius 1 is 1.29 bits per heavy atom. The molecule has 1 amide bonds. The molecule has 9 heteroatoms. The summed E-state index contributed by atoms with van der Waals surface area (Å²) in [5.74, 6) is 0.795. The number of piperidine rings is 1. The van der Waals surface area contributed by atoms with E-state index in [-0.39, 0.29) is 23.7 Å². The number of nitrogens with one attached hydrogen (secondary N) is 1. The summed E-state index contributed by atoms with van der Waals surface area (Å²) >= 11 is 0. The first-order valence-corrected chi connectivity index (χ1v) is 7.04. The lowest BCUT2D eigenvalue weighted by molar-refractivity contribution is -0.126. The molecule has 1 aliphatic heterocycles. The molecule has 0 aromatic carbocycles. The van der Waals surface area contributed by atoms with E-state index in [0.29, 0.717) is 32.0 Å². The fourth-order valence-corrected chi connectivity index (χ4v) is 2.48. The topological polar surface area (TPSA) is 149 Å². The highest BCUT2D eigenvalue weighted by Gasteiger charge is 2.26. The van der Waals surface area contributed by atoms with Gasteiger partial charge in [-0.05, 0) is 19.4 Å². The first-order valence-electron chi connectivity index (χ1n) is 7.04. The Bertz CT molecular complexity index is 474. The first-order chi connectivity index (χ1) is 10.1. The van der Waals surface area contributed by atoms with Gasteiger partial charge >= 0.3 is 0 Å². The van der Waals surface area contributed by atoms with Crippen molar-refractivity contribution in [1.82, 2.24) is 25.2 Å². The summed E-state index contributed by atoms with van der Waals surface area (Å²) in [4.78, 5) is 26.0. The molecule has 1 unspecified atom stereocenters. The largest absolute Gasteiger partial charge is 0.368 e. The molecule has 1 atom stereocenters. The summed E-state index contributed by atoms with van der Waals surface area (Å²) in [6, 6.07) is 0. The predicted octanol–water partition coefficient (Wildman–Crippen LogP) is -1.68. The molecule has 21 heavy (non-hydrogen) atoms. The van der Waals surface area contributed by atoms with E-state index in [2.05, 4.69) is 25.2 Å². The number of hydrogen-bond acceptors (Lipinski definition) is 8. The third kappa shape index (κ3) is 4.50. The van der Waals surface area contributed by atoms with Crippen LogP contribution in [0.2, 0.25) is 0 Å². The van der Waals surface area contributed by atoms with Gasteiger partial charge in [0.25, 0.3) is 0 Å². The molecule has 0 radical (unpaired) electrons. The lowest BCUT2D eigenvalue weighted by Crippen LogP contribution is -2.43. The number of aromatic nitrogens is 3. The second-order valence-corrected chi connectivity index (χ2v) is 5.12. The monoisotopic (exact) mass is 294 g/mol. The fraction of sp³-hybridized carbons (Fsp3) is 0.667. The Morgan fingerprint density at radius 2 is 2.00 bits per heavy atom. The molecule has 0 bridgehead atoms. The van der Waals surface area contributed by atoms with Crippen molar-refractivity contribution in [2.24, 2.45) is 11.7 Å². The molecule has 0 saturated carbocycles. The fourth-order valence-electron chi connectivity index (χ4n) is 2.48. The minimum absolute atomic E-state index is 0.0261. The van der Waals surface area contributed by atoms with Gasteiger partial charge in [0.05, 0.1) is 12.5 Å². The maximum absolute atomic E-state index is 12.0. The van der Waals surface area contributed by atoms with E-state index < -0.39 is 0 Å². The van der Waals surface area contributed by atoms with Gasteiger partial charge < -0.3 is 22.5 Å². The molecule has 0 spiro atoms. The Labute approximate surface area is 123 Å². The molecule has 2 heterocycles. The van der Waals surface area contributed by atoms with Crippen molar-refractivity contribution in [3.63, 3.8) is 0 Å². The quantitative estimate of drug-likeness (QED) is 0.503. The van der Waals surface area contributed by atoms with Gasteiger partial charge in [-0.25, -0.2) is 0 Å². The van der Waals surface area contributed by atoms with Gasteiger partial charge in [-0.2, -0.15) is 15.0 Å². The van der Waals surface area contributed by atoms with E-state index in [9.17, 15) is 4.79 Å². The SMILES string of the molecule is NCCNC(=O)C1CCCN(Cc2nc(N)nc(N)n2)C1. The Kier molecular flexibility index (Phi) is 5.23. The van der Waals surface area contributed by atoms with Gasteiger partial charge in [0.2, 0.25) is 17.8 Å². The van der Waals surface area contributed by atoms with E-state index in [1.807, 2.05) is 0 Å². The van der Waals surface area contributed by atoms with Gasteiger partial charge in [-0.15, -0.1) is 0 Å². The standard InChI is InChI=1S/C12H22N8O/c13-3-4-16-10(21)8-2-1-5-20(6-8)7-9-17-11(14)19-12(15)18-9/h8H,1-7,13H2,(H,16,21)(H4,14,15,17,18,19). The van der Waals surface area contributed by atoms with E-state index in [1.165, 1.54) is 0 Å². The van der Waals surface area contributed by atoms with Crippen molar-refractivity contribution in [2.75, 3.05) is 37.6 Å². The van der Waals surface area contributed by atoms with Crippen molar-refractivity contribution in [3.05, 3.63) is 5.82 Å². The van der Waals surface area contributed by atoms with Crippen LogP contribution in [0.3, 0.4) is 0 Å². The number of anilines is 2. The molecular weight excluding hydrogens is 272 g/mol. The number of amides is 1. The van der Waals surface area contributed by atoms with Crippen LogP contribution in [-0.2, 0) is 11.3 Å². The predicted molar refractivity (Wildman–Crippen MR) is 78.7 cm³/mol. The molecule has 1 aliphatic rings. The Hall–Kier alpha value is -2.00. The Balaban J connectivity index is 1.93. The molecule has 1 aromatic heterocycles. The minimum atomic E-state index is -0.0261. The van der Waals surface area contributed by atoms with Crippen molar-refractivity contribution in [1.29, 1.82) is 0 Å². The number of rotatable bonds is 5. The van der Waals surface area contributed by atoms with Gasteiger partial charge in [0, 0.05) is 19.6 Å². The summed E-state index contributed by atoms with van der Waals surface area (Å²) < 4.78 is 0. The maximum Gasteiger partial charge on any atom is 0.225 e. The second-order valence-electron chi connectivity index (χ2n) is 5.12. The van der Waals surface area contributed by atoms with Crippen molar-refractivity contribution < 1.29 is 4.79 Å². The van der Waals surface area contributed by atoms with Crippen molar-refractivity contribution >= 4 is 17.8 Å². The van der Waals surface area contributed by atoms with Crippen LogP contribution in [0, 0.1) is 5.92 Å². The number of carbonyl (C=O) groups excluding carboxylic acids is 1. The first kappa shape index (κ1) is 15.4. The summed E-state index contributed by atoms with van der Waals surface area (Å²) in [6.45, 7) is 3.03. The van der Waals surface area contributed by atoms with Gasteiger partial charge in [0.15, 0.2) is 0 Å². The van der Waals surface area contributed by atoms with E-state index in [0.717, 1.165) is 19.4 Å². The van der Waals surface area contributed by atoms with Crippen molar-refractivity contribution in [2.45, 2.75) is 19.4 Å². The number of carbonyl (C=O) groups is 1. The number of hydrogen-bond donors (Lipinski definition) is 4. The lowest BCUT2D eigenvalue weighted by Gasteiger charge is -2.31. The number of likely N-dealkylation sites (tertiary alicyclic amines) is 1. The van der Waals surface area contributed by atoms with Crippen LogP contribution >= 0.6 is 0 Å². The maximum atomic E-state index is 12.0. The number of nitrogens with two attached hydrogens (primary N) is 3. The zero-order chi connectivity index (χ0) is 15.2. The zero-order valence-corrected chi connectivity index (χ0v) is 12.0. The minimum Gasteiger partial charge on any atom is -0.368 e. The van der Waals surface area contributed by atoms with Crippen LogP contribution in [0.4, 0.5) is 11.9 Å². The van der Waals surface area contributed by atoms with Crippen LogP contribution in [0.15, 0.2) is 0 Å². The van der Waals surface area contributed by atoms with Gasteiger partial charge in [-0.3, -0.25) is 9.69 Å². The molecule has 1 aromatic rings. The molecule has 0 aliphatic carbocycles. The molecule has 7 N–H and O–H groups in total. The normalized spacial score (nSPS) is 19.4. The average Bonchev–Trinajstić information content (AvgIpc) is 2.44. The molecular formula is C12H22N8O. The van der Waals surface area contributed by atoms with Crippen LogP contribution in [-0.4, -0.2) is 51.9 Å². The summed E-state index contributed by atoms with van der Waals surface area (Å²) in [6.07, 6.45) is 1.84. The zero-order valence-electron chi connectivity index (χ0n) is 12.0. The summed E-state index contributed by atoms with van der Waals surface area (Å²) in [5.41, 5.74) is 16.5. The highest BCUT2D eigenvalue weighted by Crippen LogP contribution is 2.18. The molecule has 116 valence electrons. The van der Waals surface area contributed by atoms with Crippen LogP contribution in [0.1, 0.15) is 18.7 Å². The molecule has 2 rings (SSSR count). The van der Waals surface area contributed by atoms with Crippen molar-refractivity contribution in [3.8, 4) is 0 Å². The highest BCUT2D eigenvalue weighted by molar-refractivity contribution is 5.78. The smallest absolute Gasteiger partial charge is 0.225 e. The number of nitrogens with zero attached hydrogens (tertiary/aromatic N) is 4. The molecule has 9 nitrogen and oxygen atoms in total. The van der Waals surface area contributed by atoms with Crippen LogP contribution < -0.4 is 22.5 Å². The van der Waals surface area contributed by atoms with Crippen LogP contribution in [0.5, 0.6) is 0 Å². The van der Waals surface area contributed by atoms with E-state index in [1.54, 1.807) is 0 Å². The van der Waals surface area contributed by atoms with Gasteiger partial charge in [0.1, 0.15) is 5.82 Å². The molecule has 1 saturated heterocycles. The third-order valence-electron chi connectivity index (χ3n) is 3.40. The number of nitrogen functional groups attached to an aromatic ring is 2. The summed E-state index contributed by atoms with van der Waals surface area (Å²) in [5, 5.41) is 2.83. The molecule has 1 fully saturated rings. The third-order valence-corrected chi connectivity index (χ3v) is 3.40. The highest BCUT2D eigenvalue weighted by atomic mass is 16.1.